The predicted octanol–water partition coefficient (Wildman–Crippen LogP) is 2.15. The SMILES string of the molecule is CC(C)(C)OC(=O)N[C@@H]1C/C=C/CCCOC(=O)[C@@H]2CCCN2C1=O. The summed E-state index contributed by atoms with van der Waals surface area (Å²) in [4.78, 5) is 38.7. The van der Waals surface area contributed by atoms with Gasteiger partial charge in [-0.2, -0.15) is 0 Å². The van der Waals surface area contributed by atoms with Crippen LogP contribution in [-0.2, 0) is 19.1 Å². The van der Waals surface area contributed by atoms with Crippen LogP contribution in [0.15, 0.2) is 12.2 Å². The molecular formula is C18H28N2O5. The first-order valence-corrected chi connectivity index (χ1v) is 8.89. The molecule has 2 amide bonds. The minimum absolute atomic E-state index is 0.268. The molecule has 0 bridgehead atoms. The van der Waals surface area contributed by atoms with Crippen molar-refractivity contribution >= 4 is 18.0 Å². The van der Waals surface area contributed by atoms with Crippen molar-refractivity contribution in [3.63, 3.8) is 0 Å². The number of nitrogens with one attached hydrogen (secondary N) is 1. The van der Waals surface area contributed by atoms with Crippen molar-refractivity contribution in [2.24, 2.45) is 0 Å². The molecule has 25 heavy (non-hydrogen) atoms. The zero-order valence-corrected chi connectivity index (χ0v) is 15.2. The Morgan fingerprint density at radius 2 is 2.04 bits per heavy atom. The third-order valence-electron chi connectivity index (χ3n) is 4.09. The van der Waals surface area contributed by atoms with Gasteiger partial charge in [0.2, 0.25) is 5.91 Å². The molecule has 0 aliphatic carbocycles. The van der Waals surface area contributed by atoms with Gasteiger partial charge in [0.05, 0.1) is 6.61 Å². The van der Waals surface area contributed by atoms with Crippen LogP contribution in [0.5, 0.6) is 0 Å². The van der Waals surface area contributed by atoms with Crippen molar-refractivity contribution in [3.05, 3.63) is 12.2 Å². The van der Waals surface area contributed by atoms with Crippen molar-refractivity contribution < 1.29 is 23.9 Å². The number of fused-ring (bicyclic) bond motifs is 1. The van der Waals surface area contributed by atoms with E-state index in [1.54, 1.807) is 20.8 Å². The molecule has 2 heterocycles. The number of hydrogen-bond acceptors (Lipinski definition) is 5. The normalized spacial score (nSPS) is 26.8. The van der Waals surface area contributed by atoms with Crippen LogP contribution >= 0.6 is 0 Å². The molecule has 0 aromatic carbocycles. The van der Waals surface area contributed by atoms with Crippen LogP contribution in [0, 0.1) is 0 Å². The van der Waals surface area contributed by atoms with Gasteiger partial charge in [-0.3, -0.25) is 4.79 Å². The Hall–Kier alpha value is -2.05. The summed E-state index contributed by atoms with van der Waals surface area (Å²) >= 11 is 0. The van der Waals surface area contributed by atoms with E-state index in [0.29, 0.717) is 26.0 Å². The topological polar surface area (TPSA) is 84.9 Å². The molecule has 140 valence electrons. The van der Waals surface area contributed by atoms with Crippen molar-refractivity contribution in [3.8, 4) is 0 Å². The van der Waals surface area contributed by atoms with E-state index in [4.69, 9.17) is 9.47 Å². The summed E-state index contributed by atoms with van der Waals surface area (Å²) in [6.07, 6.45) is 6.41. The zero-order valence-electron chi connectivity index (χ0n) is 15.2. The van der Waals surface area contributed by atoms with Gasteiger partial charge in [-0.1, -0.05) is 12.2 Å². The lowest BCUT2D eigenvalue weighted by Gasteiger charge is -2.29. The summed E-state index contributed by atoms with van der Waals surface area (Å²) in [6.45, 7) is 6.15. The van der Waals surface area contributed by atoms with E-state index in [1.165, 1.54) is 4.90 Å². The van der Waals surface area contributed by atoms with Crippen molar-refractivity contribution in [2.75, 3.05) is 13.2 Å². The fraction of sp³-hybridized carbons (Fsp3) is 0.722. The monoisotopic (exact) mass is 352 g/mol. The summed E-state index contributed by atoms with van der Waals surface area (Å²) in [5.74, 6) is -0.623. The smallest absolute Gasteiger partial charge is 0.408 e. The summed E-state index contributed by atoms with van der Waals surface area (Å²) in [5.41, 5.74) is -0.645. The summed E-state index contributed by atoms with van der Waals surface area (Å²) in [6, 6.07) is -1.31. The van der Waals surface area contributed by atoms with E-state index < -0.39 is 23.8 Å². The third-order valence-corrected chi connectivity index (χ3v) is 4.09. The number of rotatable bonds is 1. The standard InChI is InChI=1S/C18H28N2O5/c1-18(2,3)25-17(23)19-13-9-6-4-5-7-12-24-16(22)14-10-8-11-20(14)15(13)21/h4,6,13-14H,5,7-12H2,1-3H3,(H,19,23)/b6-4+/t13-,14+/m1/s1. The number of ether oxygens (including phenoxy) is 2. The summed E-state index contributed by atoms with van der Waals surface area (Å²) in [7, 11) is 0. The quantitative estimate of drug-likeness (QED) is 0.577. The fourth-order valence-electron chi connectivity index (χ4n) is 2.97. The number of alkyl carbamates (subject to hydrolysis) is 1. The molecule has 1 fully saturated rings. The van der Waals surface area contributed by atoms with Gasteiger partial charge in [0.25, 0.3) is 0 Å². The number of amides is 2. The van der Waals surface area contributed by atoms with Crippen LogP contribution in [0.2, 0.25) is 0 Å². The molecule has 2 rings (SSSR count). The molecule has 0 aromatic heterocycles. The Bertz CT molecular complexity index is 538. The minimum atomic E-state index is -0.751. The van der Waals surface area contributed by atoms with Gasteiger partial charge in [0.15, 0.2) is 0 Å². The van der Waals surface area contributed by atoms with E-state index in [9.17, 15) is 14.4 Å². The van der Waals surface area contributed by atoms with Gasteiger partial charge in [-0.05, 0) is 52.9 Å². The Balaban J connectivity index is 2.14. The highest BCUT2D eigenvalue weighted by atomic mass is 16.6. The van der Waals surface area contributed by atoms with E-state index in [0.717, 1.165) is 19.3 Å². The van der Waals surface area contributed by atoms with Crippen LogP contribution in [0.4, 0.5) is 4.79 Å². The maximum Gasteiger partial charge on any atom is 0.408 e. The molecule has 0 unspecified atom stereocenters. The molecule has 0 aromatic rings. The second kappa shape index (κ2) is 8.36. The van der Waals surface area contributed by atoms with Crippen LogP contribution in [-0.4, -0.2) is 53.7 Å². The molecule has 0 spiro atoms. The number of allylic oxidation sites excluding steroid dienone is 1. The average molecular weight is 352 g/mol. The van der Waals surface area contributed by atoms with Gasteiger partial charge in [0, 0.05) is 6.54 Å². The average Bonchev–Trinajstić information content (AvgIpc) is 2.98. The fourth-order valence-corrected chi connectivity index (χ4v) is 2.97. The highest BCUT2D eigenvalue weighted by Gasteiger charge is 2.38. The number of esters is 1. The second-order valence-electron chi connectivity index (χ2n) is 7.41. The molecule has 2 aliphatic heterocycles. The summed E-state index contributed by atoms with van der Waals surface area (Å²) in [5, 5.41) is 2.65. The maximum absolute atomic E-state index is 12.9. The molecule has 0 saturated carbocycles. The molecule has 7 nitrogen and oxygen atoms in total. The van der Waals surface area contributed by atoms with Crippen molar-refractivity contribution in [1.29, 1.82) is 0 Å². The van der Waals surface area contributed by atoms with Crippen LogP contribution < -0.4 is 5.32 Å². The Morgan fingerprint density at radius 1 is 1.28 bits per heavy atom. The molecule has 7 heteroatoms. The highest BCUT2D eigenvalue weighted by molar-refractivity contribution is 5.90. The lowest BCUT2D eigenvalue weighted by Crippen LogP contribution is -2.52. The summed E-state index contributed by atoms with van der Waals surface area (Å²) < 4.78 is 10.5. The molecule has 1 saturated heterocycles. The Morgan fingerprint density at radius 3 is 2.76 bits per heavy atom. The molecule has 2 atom stereocenters. The Kier molecular flexibility index (Phi) is 6.45. The predicted molar refractivity (Wildman–Crippen MR) is 91.8 cm³/mol. The number of carbonyl (C=O) groups excluding carboxylic acids is 3. The molecule has 0 radical (unpaired) electrons. The van der Waals surface area contributed by atoms with Crippen LogP contribution in [0.25, 0.3) is 0 Å². The molecule has 1 N–H and O–H groups in total. The first-order chi connectivity index (χ1) is 11.8. The lowest BCUT2D eigenvalue weighted by molar-refractivity contribution is -0.154. The molecule has 2 aliphatic rings. The van der Waals surface area contributed by atoms with E-state index >= 15 is 0 Å². The number of cyclic esters (lactones) is 1. The first-order valence-electron chi connectivity index (χ1n) is 8.89. The van der Waals surface area contributed by atoms with Gasteiger partial charge in [0.1, 0.15) is 17.7 Å². The second-order valence-corrected chi connectivity index (χ2v) is 7.41. The number of hydrogen-bond donors (Lipinski definition) is 1. The van der Waals surface area contributed by atoms with Crippen molar-refractivity contribution in [1.82, 2.24) is 10.2 Å². The zero-order chi connectivity index (χ0) is 18.4. The lowest BCUT2D eigenvalue weighted by atomic mass is 10.1. The number of nitrogens with zero attached hydrogens (tertiary/aromatic N) is 1. The van der Waals surface area contributed by atoms with Crippen molar-refractivity contribution in [2.45, 2.75) is 70.6 Å². The van der Waals surface area contributed by atoms with Gasteiger partial charge in [-0.15, -0.1) is 0 Å². The van der Waals surface area contributed by atoms with Gasteiger partial charge < -0.3 is 19.7 Å². The molecular weight excluding hydrogens is 324 g/mol. The van der Waals surface area contributed by atoms with Gasteiger partial charge in [-0.25, -0.2) is 9.59 Å². The maximum atomic E-state index is 12.9. The van der Waals surface area contributed by atoms with Gasteiger partial charge >= 0.3 is 12.1 Å². The largest absolute Gasteiger partial charge is 0.464 e. The van der Waals surface area contributed by atoms with E-state index in [1.807, 2.05) is 12.2 Å². The van der Waals surface area contributed by atoms with Crippen LogP contribution in [0.3, 0.4) is 0 Å². The third kappa shape index (κ3) is 5.76. The number of carbonyl (C=O) groups is 3. The first kappa shape index (κ1) is 19.3. The highest BCUT2D eigenvalue weighted by Crippen LogP contribution is 2.21. The Labute approximate surface area is 148 Å². The minimum Gasteiger partial charge on any atom is -0.464 e. The van der Waals surface area contributed by atoms with E-state index in [-0.39, 0.29) is 11.9 Å². The van der Waals surface area contributed by atoms with Crippen LogP contribution in [0.1, 0.15) is 52.9 Å². The van der Waals surface area contributed by atoms with E-state index in [2.05, 4.69) is 5.32 Å².